The summed E-state index contributed by atoms with van der Waals surface area (Å²) in [5, 5.41) is 0. The summed E-state index contributed by atoms with van der Waals surface area (Å²) in [6, 6.07) is 0. The minimum Gasteiger partial charge on any atom is -0.535 e. The quantitative estimate of drug-likeness (QED) is 0.308. The molecular formula is C26H32O2Si2. The zero-order chi connectivity index (χ0) is 21.8. The Bertz CT molecular complexity index is 787. The topological polar surface area (TPSA) is 18.5 Å². The highest BCUT2D eigenvalue weighted by atomic mass is 28.4. The predicted molar refractivity (Wildman–Crippen MR) is 133 cm³/mol. The Morgan fingerprint density at radius 3 is 1.57 bits per heavy atom. The SMILES string of the molecule is C=C[Si](C=C)(C=C)OC1=CC2C=CC1C2.C=C[Si](C=C)(C=C)OC1C2C=CC1C=C2. The maximum Gasteiger partial charge on any atom is 0.323 e. The number of hydrogen-bond donors (Lipinski definition) is 0. The number of rotatable bonds is 10. The van der Waals surface area contributed by atoms with Crippen LogP contribution >= 0.6 is 0 Å². The molecule has 0 aromatic heterocycles. The van der Waals surface area contributed by atoms with Crippen molar-refractivity contribution >= 4 is 16.6 Å². The van der Waals surface area contributed by atoms with E-state index >= 15 is 0 Å². The van der Waals surface area contributed by atoms with Crippen molar-refractivity contribution < 1.29 is 8.85 Å². The normalized spacial score (nSPS) is 29.6. The van der Waals surface area contributed by atoms with E-state index in [1.165, 1.54) is 6.42 Å². The van der Waals surface area contributed by atoms with Crippen LogP contribution < -0.4 is 0 Å². The van der Waals surface area contributed by atoms with E-state index < -0.39 is 16.6 Å². The fourth-order valence-electron chi connectivity index (χ4n) is 4.21. The van der Waals surface area contributed by atoms with Gasteiger partial charge in [-0.05, 0) is 18.4 Å². The summed E-state index contributed by atoms with van der Waals surface area (Å²) in [4.78, 5) is 0. The van der Waals surface area contributed by atoms with E-state index in [9.17, 15) is 0 Å². The molecule has 2 nitrogen and oxygen atoms in total. The van der Waals surface area contributed by atoms with Crippen molar-refractivity contribution in [2.24, 2.45) is 23.7 Å². The molecule has 0 fully saturated rings. The van der Waals surface area contributed by atoms with Gasteiger partial charge in [0.15, 0.2) is 0 Å². The molecule has 30 heavy (non-hydrogen) atoms. The summed E-state index contributed by atoms with van der Waals surface area (Å²) in [6.45, 7) is 23.0. The molecule has 4 bridgehead atoms. The summed E-state index contributed by atoms with van der Waals surface area (Å²) in [6.07, 6.45) is 16.9. The molecule has 4 aliphatic carbocycles. The van der Waals surface area contributed by atoms with E-state index in [1.807, 2.05) is 34.2 Å². The average Bonchev–Trinajstić information content (AvgIpc) is 3.59. The van der Waals surface area contributed by atoms with Crippen LogP contribution in [0.1, 0.15) is 6.42 Å². The molecule has 156 valence electrons. The second kappa shape index (κ2) is 9.17. The molecule has 0 saturated carbocycles. The Kier molecular flexibility index (Phi) is 6.81. The molecule has 4 aliphatic rings. The smallest absolute Gasteiger partial charge is 0.323 e. The highest BCUT2D eigenvalue weighted by Gasteiger charge is 2.39. The van der Waals surface area contributed by atoms with Gasteiger partial charge in [0.25, 0.3) is 8.32 Å². The Hall–Kier alpha value is -2.41. The number of fused-ring (bicyclic) bond motifs is 4. The van der Waals surface area contributed by atoms with Gasteiger partial charge in [0.05, 0.1) is 11.9 Å². The van der Waals surface area contributed by atoms with Gasteiger partial charge in [0.1, 0.15) is 0 Å². The Labute approximate surface area is 183 Å². The third kappa shape index (κ3) is 4.22. The first kappa shape index (κ1) is 22.3. The molecular weight excluding hydrogens is 400 g/mol. The van der Waals surface area contributed by atoms with Crippen molar-refractivity contribution in [3.8, 4) is 0 Å². The van der Waals surface area contributed by atoms with Crippen LogP contribution in [0.15, 0.2) is 122 Å². The monoisotopic (exact) mass is 432 g/mol. The van der Waals surface area contributed by atoms with Crippen molar-refractivity contribution in [2.75, 3.05) is 0 Å². The lowest BCUT2D eigenvalue weighted by Crippen LogP contribution is -2.39. The Morgan fingerprint density at radius 2 is 1.20 bits per heavy atom. The third-order valence-electron chi connectivity index (χ3n) is 6.28. The molecule has 0 N–H and O–H groups in total. The van der Waals surface area contributed by atoms with Crippen LogP contribution in [0, 0.1) is 23.7 Å². The minimum atomic E-state index is -2.13. The third-order valence-corrected chi connectivity index (χ3v) is 11.4. The van der Waals surface area contributed by atoms with E-state index in [4.69, 9.17) is 8.85 Å². The summed E-state index contributed by atoms with van der Waals surface area (Å²) < 4.78 is 12.3. The van der Waals surface area contributed by atoms with Gasteiger partial charge in [0, 0.05) is 17.8 Å². The molecule has 0 aromatic rings. The van der Waals surface area contributed by atoms with E-state index in [0.717, 1.165) is 5.76 Å². The van der Waals surface area contributed by atoms with E-state index in [1.54, 1.807) is 0 Å². The molecule has 4 heteroatoms. The molecule has 0 spiro atoms. The molecule has 2 unspecified atom stereocenters. The van der Waals surface area contributed by atoms with Gasteiger partial charge in [-0.1, -0.05) is 70.7 Å². The van der Waals surface area contributed by atoms with Crippen molar-refractivity contribution in [2.45, 2.75) is 12.5 Å². The van der Waals surface area contributed by atoms with Gasteiger partial charge in [-0.25, -0.2) is 0 Å². The lowest BCUT2D eigenvalue weighted by molar-refractivity contribution is 0.171. The Balaban J connectivity index is 0.000000171. The molecule has 0 aromatic carbocycles. The molecule has 0 amide bonds. The summed E-state index contributed by atoms with van der Waals surface area (Å²) in [5.74, 6) is 3.01. The second-order valence-corrected chi connectivity index (χ2v) is 14.3. The van der Waals surface area contributed by atoms with Gasteiger partial charge in [-0.2, -0.15) is 0 Å². The molecule has 0 radical (unpaired) electrons. The highest BCUT2D eigenvalue weighted by Crippen LogP contribution is 2.40. The second-order valence-electron chi connectivity index (χ2n) is 8.00. The van der Waals surface area contributed by atoms with Crippen LogP contribution in [0.25, 0.3) is 0 Å². The van der Waals surface area contributed by atoms with Gasteiger partial charge < -0.3 is 8.85 Å². The maximum atomic E-state index is 6.19. The number of allylic oxidation sites excluding steroid dienone is 3. The molecule has 0 saturated heterocycles. The molecule has 4 rings (SSSR count). The summed E-state index contributed by atoms with van der Waals surface area (Å²) in [5.41, 5.74) is 11.2. The lowest BCUT2D eigenvalue weighted by atomic mass is 10.1. The predicted octanol–water partition coefficient (Wildman–Crippen LogP) is 6.08. The molecule has 0 heterocycles. The van der Waals surface area contributed by atoms with Crippen LogP contribution in [-0.4, -0.2) is 22.7 Å². The highest BCUT2D eigenvalue weighted by molar-refractivity contribution is 6.88. The van der Waals surface area contributed by atoms with Crippen LogP contribution in [0.2, 0.25) is 0 Å². The zero-order valence-corrected chi connectivity index (χ0v) is 19.7. The largest absolute Gasteiger partial charge is 0.535 e. The van der Waals surface area contributed by atoms with Crippen LogP contribution in [-0.2, 0) is 8.85 Å². The first-order valence-electron chi connectivity index (χ1n) is 10.4. The van der Waals surface area contributed by atoms with Gasteiger partial charge in [-0.15, -0.1) is 39.5 Å². The zero-order valence-electron chi connectivity index (χ0n) is 17.7. The first-order valence-corrected chi connectivity index (χ1v) is 14.7. The lowest BCUT2D eigenvalue weighted by Gasteiger charge is -2.28. The van der Waals surface area contributed by atoms with Crippen LogP contribution in [0.3, 0.4) is 0 Å². The first-order chi connectivity index (χ1) is 14.5. The minimum absolute atomic E-state index is 0.241. The van der Waals surface area contributed by atoms with E-state index in [-0.39, 0.29) is 6.10 Å². The summed E-state index contributed by atoms with van der Waals surface area (Å²) >= 11 is 0. The van der Waals surface area contributed by atoms with Crippen LogP contribution in [0.4, 0.5) is 0 Å². The van der Waals surface area contributed by atoms with Crippen molar-refractivity contribution in [1.29, 1.82) is 0 Å². The van der Waals surface area contributed by atoms with Gasteiger partial charge in [0.2, 0.25) is 0 Å². The van der Waals surface area contributed by atoms with Crippen molar-refractivity contribution in [3.05, 3.63) is 122 Å². The number of hydrogen-bond acceptors (Lipinski definition) is 2. The fraction of sp³-hybridized carbons (Fsp3) is 0.231. The average molecular weight is 433 g/mol. The standard InChI is InChI=1S/2C13H16OSi/c1-4-15(5-2,6-3)14-13-10-11-7-8-12(13)9-11;1-4-15(5-2,6-3)14-13-11-7-8-12(13)10-9-11/h4-8,10-12H,1-3,9H2;4-13H,1-3H2. The molecule has 0 aliphatic heterocycles. The fourth-order valence-corrected chi connectivity index (χ4v) is 7.16. The van der Waals surface area contributed by atoms with E-state index in [0.29, 0.717) is 23.7 Å². The Morgan fingerprint density at radius 1 is 0.700 bits per heavy atom. The molecule has 2 atom stereocenters. The van der Waals surface area contributed by atoms with Crippen molar-refractivity contribution in [3.63, 3.8) is 0 Å². The van der Waals surface area contributed by atoms with Crippen LogP contribution in [0.5, 0.6) is 0 Å². The summed E-state index contributed by atoms with van der Waals surface area (Å²) in [7, 11) is -4.24. The van der Waals surface area contributed by atoms with E-state index in [2.05, 4.69) is 82.0 Å². The van der Waals surface area contributed by atoms with Gasteiger partial charge in [-0.3, -0.25) is 0 Å². The maximum absolute atomic E-state index is 6.19. The van der Waals surface area contributed by atoms with Gasteiger partial charge >= 0.3 is 8.32 Å². The van der Waals surface area contributed by atoms with Crippen molar-refractivity contribution in [1.82, 2.24) is 0 Å².